The molecular formula is C11H15ClFNO. The number of benzene rings is 1. The van der Waals surface area contributed by atoms with Gasteiger partial charge in [0.2, 0.25) is 0 Å². The van der Waals surface area contributed by atoms with Crippen LogP contribution in [0.1, 0.15) is 12.0 Å². The predicted molar refractivity (Wildman–Crippen MR) is 59.6 cm³/mol. The first-order chi connectivity index (χ1) is 7.24. The molecule has 0 heterocycles. The maximum absolute atomic E-state index is 12.8. The lowest BCUT2D eigenvalue weighted by Gasteiger charge is -2.05. The van der Waals surface area contributed by atoms with E-state index in [1.54, 1.807) is 19.2 Å². The van der Waals surface area contributed by atoms with Gasteiger partial charge in [-0.1, -0.05) is 17.7 Å². The van der Waals surface area contributed by atoms with Gasteiger partial charge in [-0.2, -0.15) is 0 Å². The van der Waals surface area contributed by atoms with Crippen molar-refractivity contribution in [2.75, 3.05) is 20.3 Å². The highest BCUT2D eigenvalue weighted by atomic mass is 35.5. The summed E-state index contributed by atoms with van der Waals surface area (Å²) in [6.07, 6.45) is 0.964. The highest BCUT2D eigenvalue weighted by Crippen LogP contribution is 2.15. The first-order valence-corrected chi connectivity index (χ1v) is 5.25. The van der Waals surface area contributed by atoms with E-state index < -0.39 is 0 Å². The molecule has 15 heavy (non-hydrogen) atoms. The van der Waals surface area contributed by atoms with Crippen LogP contribution in [0.4, 0.5) is 4.39 Å². The summed E-state index contributed by atoms with van der Waals surface area (Å²) in [5.41, 5.74) is 0.985. The van der Waals surface area contributed by atoms with Crippen molar-refractivity contribution in [1.82, 2.24) is 5.32 Å². The van der Waals surface area contributed by atoms with Crippen molar-refractivity contribution in [2.24, 2.45) is 0 Å². The summed E-state index contributed by atoms with van der Waals surface area (Å²) in [5.74, 6) is -0.375. The number of halogens is 2. The molecule has 0 aliphatic carbocycles. The molecule has 0 aromatic heterocycles. The summed E-state index contributed by atoms with van der Waals surface area (Å²) in [6, 6.07) is 4.75. The van der Waals surface area contributed by atoms with E-state index in [9.17, 15) is 4.39 Å². The normalized spacial score (nSPS) is 10.6. The Balaban J connectivity index is 2.28. The molecule has 0 atom stereocenters. The average Bonchev–Trinajstić information content (AvgIpc) is 2.23. The van der Waals surface area contributed by atoms with E-state index in [1.165, 1.54) is 6.07 Å². The monoisotopic (exact) mass is 231 g/mol. The van der Waals surface area contributed by atoms with Gasteiger partial charge in [0.1, 0.15) is 5.82 Å². The molecule has 0 aliphatic heterocycles. The molecule has 1 aromatic carbocycles. The van der Waals surface area contributed by atoms with Gasteiger partial charge in [-0.15, -0.1) is 0 Å². The summed E-state index contributed by atoms with van der Waals surface area (Å²) >= 11 is 5.65. The molecule has 1 aromatic rings. The van der Waals surface area contributed by atoms with Gasteiger partial charge in [0.05, 0.1) is 5.02 Å². The molecule has 0 aliphatic rings. The fourth-order valence-corrected chi connectivity index (χ4v) is 1.43. The molecule has 1 rings (SSSR count). The summed E-state index contributed by atoms with van der Waals surface area (Å²) in [4.78, 5) is 0. The lowest BCUT2D eigenvalue weighted by Crippen LogP contribution is -2.16. The van der Waals surface area contributed by atoms with E-state index in [4.69, 9.17) is 16.3 Å². The van der Waals surface area contributed by atoms with Gasteiger partial charge in [-0.25, -0.2) is 4.39 Å². The second-order valence-corrected chi connectivity index (χ2v) is 3.68. The van der Waals surface area contributed by atoms with Crippen molar-refractivity contribution < 1.29 is 9.13 Å². The van der Waals surface area contributed by atoms with Gasteiger partial charge in [-0.05, 0) is 30.7 Å². The number of methoxy groups -OCH3 is 1. The second kappa shape index (κ2) is 6.77. The predicted octanol–water partition coefficient (Wildman–Crippen LogP) is 2.61. The van der Waals surface area contributed by atoms with Gasteiger partial charge >= 0.3 is 0 Å². The van der Waals surface area contributed by atoms with Crippen LogP contribution in [0.5, 0.6) is 0 Å². The highest BCUT2D eigenvalue weighted by Gasteiger charge is 1.99. The molecule has 0 radical (unpaired) electrons. The van der Waals surface area contributed by atoms with Crippen LogP contribution in [0.3, 0.4) is 0 Å². The van der Waals surface area contributed by atoms with Gasteiger partial charge in [-0.3, -0.25) is 0 Å². The van der Waals surface area contributed by atoms with Crippen molar-refractivity contribution in [3.63, 3.8) is 0 Å². The Morgan fingerprint density at radius 3 is 2.93 bits per heavy atom. The fourth-order valence-electron chi connectivity index (χ4n) is 1.22. The Labute approximate surface area is 94.4 Å². The third kappa shape index (κ3) is 4.60. The zero-order valence-corrected chi connectivity index (χ0v) is 9.48. The molecule has 2 nitrogen and oxygen atoms in total. The van der Waals surface area contributed by atoms with E-state index in [2.05, 4.69) is 5.32 Å². The van der Waals surface area contributed by atoms with Crippen molar-refractivity contribution in [3.8, 4) is 0 Å². The standard InChI is InChI=1S/C11H15ClFNO/c1-15-6-2-5-14-8-9-3-4-11(13)10(12)7-9/h3-4,7,14H,2,5-6,8H2,1H3. The van der Waals surface area contributed by atoms with Crippen LogP contribution in [0.15, 0.2) is 18.2 Å². The third-order valence-corrected chi connectivity index (χ3v) is 2.30. The Kier molecular flexibility index (Phi) is 5.61. The Morgan fingerprint density at radius 1 is 1.47 bits per heavy atom. The van der Waals surface area contributed by atoms with E-state index >= 15 is 0 Å². The van der Waals surface area contributed by atoms with Crippen LogP contribution < -0.4 is 5.32 Å². The summed E-state index contributed by atoms with van der Waals surface area (Å²) in [6.45, 7) is 2.32. The van der Waals surface area contributed by atoms with Crippen LogP contribution in [-0.2, 0) is 11.3 Å². The topological polar surface area (TPSA) is 21.3 Å². The molecule has 1 N–H and O–H groups in total. The molecule has 0 saturated heterocycles. The summed E-state index contributed by atoms with van der Waals surface area (Å²) < 4.78 is 17.7. The van der Waals surface area contributed by atoms with Crippen LogP contribution in [-0.4, -0.2) is 20.3 Å². The maximum Gasteiger partial charge on any atom is 0.141 e. The Bertz CT molecular complexity index is 307. The lowest BCUT2D eigenvalue weighted by molar-refractivity contribution is 0.194. The van der Waals surface area contributed by atoms with E-state index in [0.29, 0.717) is 6.54 Å². The molecule has 0 fully saturated rings. The molecule has 0 unspecified atom stereocenters. The van der Waals surface area contributed by atoms with Crippen LogP contribution >= 0.6 is 11.6 Å². The molecular weight excluding hydrogens is 217 g/mol. The van der Waals surface area contributed by atoms with Crippen LogP contribution in [0.2, 0.25) is 5.02 Å². The largest absolute Gasteiger partial charge is 0.385 e. The van der Waals surface area contributed by atoms with Crippen molar-refractivity contribution >= 4 is 11.6 Å². The maximum atomic E-state index is 12.8. The number of hydrogen-bond donors (Lipinski definition) is 1. The third-order valence-electron chi connectivity index (χ3n) is 2.02. The quantitative estimate of drug-likeness (QED) is 0.760. The van der Waals surface area contributed by atoms with Gasteiger partial charge in [0.25, 0.3) is 0 Å². The van der Waals surface area contributed by atoms with Gasteiger partial charge in [0.15, 0.2) is 0 Å². The van der Waals surface area contributed by atoms with E-state index in [1.807, 2.05) is 0 Å². The second-order valence-electron chi connectivity index (χ2n) is 3.27. The molecule has 4 heteroatoms. The van der Waals surface area contributed by atoms with E-state index in [-0.39, 0.29) is 10.8 Å². The Morgan fingerprint density at radius 2 is 2.27 bits per heavy atom. The van der Waals surface area contributed by atoms with Gasteiger partial charge in [0, 0.05) is 20.3 Å². The van der Waals surface area contributed by atoms with E-state index in [0.717, 1.165) is 25.1 Å². The van der Waals surface area contributed by atoms with Crippen molar-refractivity contribution in [2.45, 2.75) is 13.0 Å². The minimum absolute atomic E-state index is 0.172. The lowest BCUT2D eigenvalue weighted by atomic mass is 10.2. The minimum atomic E-state index is -0.375. The number of nitrogens with one attached hydrogen (secondary N) is 1. The molecule has 0 saturated carbocycles. The van der Waals surface area contributed by atoms with Crippen LogP contribution in [0.25, 0.3) is 0 Å². The smallest absolute Gasteiger partial charge is 0.141 e. The fraction of sp³-hybridized carbons (Fsp3) is 0.455. The first-order valence-electron chi connectivity index (χ1n) is 4.87. The summed E-state index contributed by atoms with van der Waals surface area (Å²) in [5, 5.41) is 3.39. The SMILES string of the molecule is COCCCNCc1ccc(F)c(Cl)c1. The minimum Gasteiger partial charge on any atom is -0.385 e. The average molecular weight is 232 g/mol. The first kappa shape index (κ1) is 12.4. The molecule has 0 spiro atoms. The summed E-state index contributed by atoms with van der Waals surface area (Å²) in [7, 11) is 1.68. The zero-order valence-electron chi connectivity index (χ0n) is 8.72. The molecule has 0 bridgehead atoms. The van der Waals surface area contributed by atoms with Crippen molar-refractivity contribution in [1.29, 1.82) is 0 Å². The molecule has 84 valence electrons. The van der Waals surface area contributed by atoms with Crippen LogP contribution in [0, 0.1) is 5.82 Å². The number of ether oxygens (including phenoxy) is 1. The van der Waals surface area contributed by atoms with Crippen molar-refractivity contribution in [3.05, 3.63) is 34.6 Å². The zero-order chi connectivity index (χ0) is 11.1. The number of hydrogen-bond acceptors (Lipinski definition) is 2. The Hall–Kier alpha value is -0.640. The highest BCUT2D eigenvalue weighted by molar-refractivity contribution is 6.30. The van der Waals surface area contributed by atoms with Gasteiger partial charge < -0.3 is 10.1 Å². The number of rotatable bonds is 6. The molecule has 0 amide bonds.